The Kier molecular flexibility index (Phi) is 4.48. The second-order valence-corrected chi connectivity index (χ2v) is 5.64. The van der Waals surface area contributed by atoms with E-state index in [4.69, 9.17) is 0 Å². The van der Waals surface area contributed by atoms with E-state index in [-0.39, 0.29) is 11.7 Å². The van der Waals surface area contributed by atoms with Crippen molar-refractivity contribution in [2.75, 3.05) is 31.1 Å². The van der Waals surface area contributed by atoms with E-state index in [1.54, 1.807) is 29.2 Å². The molecule has 2 aromatic rings. The van der Waals surface area contributed by atoms with Crippen LogP contribution in [0.4, 0.5) is 5.69 Å². The molecule has 0 aromatic heterocycles. The third-order valence-corrected chi connectivity index (χ3v) is 4.16. The molecule has 1 aliphatic rings. The lowest BCUT2D eigenvalue weighted by atomic mass is 10.1. The number of anilines is 1. The summed E-state index contributed by atoms with van der Waals surface area (Å²) in [5, 5.41) is 19.6. The molecule has 1 atom stereocenters. The minimum Gasteiger partial charge on any atom is -0.508 e. The highest BCUT2D eigenvalue weighted by Crippen LogP contribution is 2.21. The molecule has 0 radical (unpaired) electrons. The van der Waals surface area contributed by atoms with Gasteiger partial charge in [-0.1, -0.05) is 30.3 Å². The number of hydrogen-bond donors (Lipinski definition) is 2. The van der Waals surface area contributed by atoms with E-state index >= 15 is 0 Å². The third-order valence-electron chi connectivity index (χ3n) is 4.16. The van der Waals surface area contributed by atoms with Crippen LogP contribution in [-0.2, 0) is 4.79 Å². The van der Waals surface area contributed by atoms with Crippen LogP contribution in [0, 0.1) is 0 Å². The summed E-state index contributed by atoms with van der Waals surface area (Å²) >= 11 is 0. The summed E-state index contributed by atoms with van der Waals surface area (Å²) in [7, 11) is 0. The molecule has 1 saturated heterocycles. The minimum atomic E-state index is -1.10. The van der Waals surface area contributed by atoms with Crippen LogP contribution in [0.2, 0.25) is 0 Å². The van der Waals surface area contributed by atoms with Crippen LogP contribution in [0.3, 0.4) is 0 Å². The average molecular weight is 312 g/mol. The van der Waals surface area contributed by atoms with Crippen molar-refractivity contribution < 1.29 is 15.0 Å². The predicted molar refractivity (Wildman–Crippen MR) is 88.3 cm³/mol. The molecule has 1 heterocycles. The number of hydrogen-bond acceptors (Lipinski definition) is 4. The van der Waals surface area contributed by atoms with Crippen molar-refractivity contribution in [1.29, 1.82) is 0 Å². The summed E-state index contributed by atoms with van der Waals surface area (Å²) in [6.07, 6.45) is -1.10. The van der Waals surface area contributed by atoms with Crippen LogP contribution >= 0.6 is 0 Å². The van der Waals surface area contributed by atoms with E-state index in [9.17, 15) is 15.0 Å². The SMILES string of the molecule is O=C(C(O)c1ccccc1)N1CCN(c2ccc(O)cc2)CC1. The van der Waals surface area contributed by atoms with Gasteiger partial charge in [-0.3, -0.25) is 4.79 Å². The quantitative estimate of drug-likeness (QED) is 0.907. The molecular formula is C18H20N2O3. The van der Waals surface area contributed by atoms with E-state index < -0.39 is 6.10 Å². The molecule has 5 nitrogen and oxygen atoms in total. The van der Waals surface area contributed by atoms with Crippen molar-refractivity contribution in [2.24, 2.45) is 0 Å². The number of carbonyl (C=O) groups is 1. The van der Waals surface area contributed by atoms with Gasteiger partial charge >= 0.3 is 0 Å². The summed E-state index contributed by atoms with van der Waals surface area (Å²) in [4.78, 5) is 16.3. The van der Waals surface area contributed by atoms with E-state index in [1.165, 1.54) is 0 Å². The highest BCUT2D eigenvalue weighted by atomic mass is 16.3. The summed E-state index contributed by atoms with van der Waals surface area (Å²) < 4.78 is 0. The third kappa shape index (κ3) is 3.46. The normalized spacial score (nSPS) is 16.2. The van der Waals surface area contributed by atoms with E-state index in [1.807, 2.05) is 30.3 Å². The maximum atomic E-state index is 12.4. The Hall–Kier alpha value is -2.53. The second-order valence-electron chi connectivity index (χ2n) is 5.64. The maximum absolute atomic E-state index is 12.4. The molecule has 0 bridgehead atoms. The first-order valence-corrected chi connectivity index (χ1v) is 7.71. The molecule has 23 heavy (non-hydrogen) atoms. The van der Waals surface area contributed by atoms with Gasteiger partial charge in [0.2, 0.25) is 0 Å². The lowest BCUT2D eigenvalue weighted by molar-refractivity contribution is -0.140. The number of benzene rings is 2. The zero-order chi connectivity index (χ0) is 16.2. The zero-order valence-corrected chi connectivity index (χ0v) is 12.8. The van der Waals surface area contributed by atoms with E-state index in [2.05, 4.69) is 4.90 Å². The van der Waals surface area contributed by atoms with Gasteiger partial charge < -0.3 is 20.0 Å². The number of aliphatic hydroxyl groups excluding tert-OH is 1. The Balaban J connectivity index is 1.60. The minimum absolute atomic E-state index is 0.244. The molecular weight excluding hydrogens is 292 g/mol. The Labute approximate surface area is 135 Å². The van der Waals surface area contributed by atoms with Gasteiger partial charge in [-0.2, -0.15) is 0 Å². The number of rotatable bonds is 3. The molecule has 0 saturated carbocycles. The average Bonchev–Trinajstić information content (AvgIpc) is 2.62. The van der Waals surface area contributed by atoms with Gasteiger partial charge in [0, 0.05) is 31.9 Å². The molecule has 2 aromatic carbocycles. The second kappa shape index (κ2) is 6.71. The van der Waals surface area contributed by atoms with Crippen molar-refractivity contribution in [2.45, 2.75) is 6.10 Å². The zero-order valence-electron chi connectivity index (χ0n) is 12.8. The fourth-order valence-electron chi connectivity index (χ4n) is 2.80. The number of amides is 1. The lowest BCUT2D eigenvalue weighted by Crippen LogP contribution is -2.50. The number of carbonyl (C=O) groups excluding carboxylic acids is 1. The van der Waals surface area contributed by atoms with Gasteiger partial charge in [-0.25, -0.2) is 0 Å². The molecule has 1 amide bonds. The number of phenolic OH excluding ortho intramolecular Hbond substituents is 1. The molecule has 0 spiro atoms. The fraction of sp³-hybridized carbons (Fsp3) is 0.278. The first-order chi connectivity index (χ1) is 11.1. The van der Waals surface area contributed by atoms with Crippen LogP contribution < -0.4 is 4.90 Å². The van der Waals surface area contributed by atoms with Crippen molar-refractivity contribution in [3.05, 3.63) is 60.2 Å². The Morgan fingerprint density at radius 3 is 2.13 bits per heavy atom. The summed E-state index contributed by atoms with van der Waals surface area (Å²) in [6, 6.07) is 16.1. The number of nitrogens with zero attached hydrogens (tertiary/aromatic N) is 2. The van der Waals surface area contributed by atoms with Crippen LogP contribution in [0.15, 0.2) is 54.6 Å². The Morgan fingerprint density at radius 2 is 1.52 bits per heavy atom. The van der Waals surface area contributed by atoms with Gasteiger partial charge in [-0.05, 0) is 29.8 Å². The Morgan fingerprint density at radius 1 is 0.913 bits per heavy atom. The van der Waals surface area contributed by atoms with Gasteiger partial charge in [0.05, 0.1) is 0 Å². The summed E-state index contributed by atoms with van der Waals surface area (Å²) in [5.74, 6) is -0.00453. The fourth-order valence-corrected chi connectivity index (χ4v) is 2.80. The first-order valence-electron chi connectivity index (χ1n) is 7.71. The lowest BCUT2D eigenvalue weighted by Gasteiger charge is -2.37. The maximum Gasteiger partial charge on any atom is 0.256 e. The van der Waals surface area contributed by atoms with Gasteiger partial charge in [0.1, 0.15) is 5.75 Å². The van der Waals surface area contributed by atoms with Crippen molar-refractivity contribution in [1.82, 2.24) is 4.90 Å². The predicted octanol–water partition coefficient (Wildman–Crippen LogP) is 1.77. The van der Waals surface area contributed by atoms with Crippen LogP contribution in [-0.4, -0.2) is 47.2 Å². The van der Waals surface area contributed by atoms with Crippen molar-refractivity contribution in [3.8, 4) is 5.75 Å². The number of aromatic hydroxyl groups is 1. The van der Waals surface area contributed by atoms with E-state index in [0.29, 0.717) is 31.7 Å². The number of piperazine rings is 1. The highest BCUT2D eigenvalue weighted by Gasteiger charge is 2.27. The number of aliphatic hydroxyl groups is 1. The molecule has 1 fully saturated rings. The molecule has 2 N–H and O–H groups in total. The monoisotopic (exact) mass is 312 g/mol. The molecule has 5 heteroatoms. The van der Waals surface area contributed by atoms with Gasteiger partial charge in [-0.15, -0.1) is 0 Å². The molecule has 3 rings (SSSR count). The summed E-state index contributed by atoms with van der Waals surface area (Å²) in [5.41, 5.74) is 1.65. The molecule has 120 valence electrons. The highest BCUT2D eigenvalue weighted by molar-refractivity contribution is 5.82. The standard InChI is InChI=1S/C18H20N2O3/c21-16-8-6-15(7-9-16)19-10-12-20(13-11-19)18(23)17(22)14-4-2-1-3-5-14/h1-9,17,21-22H,10-13H2. The first kappa shape index (κ1) is 15.4. The smallest absolute Gasteiger partial charge is 0.256 e. The van der Waals surface area contributed by atoms with Crippen molar-refractivity contribution in [3.63, 3.8) is 0 Å². The van der Waals surface area contributed by atoms with Gasteiger partial charge in [0.15, 0.2) is 6.10 Å². The van der Waals surface area contributed by atoms with E-state index in [0.717, 1.165) is 5.69 Å². The van der Waals surface area contributed by atoms with Crippen LogP contribution in [0.5, 0.6) is 5.75 Å². The number of phenols is 1. The molecule has 0 aliphatic carbocycles. The Bertz CT molecular complexity index is 650. The summed E-state index contributed by atoms with van der Waals surface area (Å²) in [6.45, 7) is 2.56. The topological polar surface area (TPSA) is 64.0 Å². The van der Waals surface area contributed by atoms with Crippen LogP contribution in [0.1, 0.15) is 11.7 Å². The molecule has 1 unspecified atom stereocenters. The van der Waals surface area contributed by atoms with Crippen molar-refractivity contribution >= 4 is 11.6 Å². The largest absolute Gasteiger partial charge is 0.508 e. The van der Waals surface area contributed by atoms with Gasteiger partial charge in [0.25, 0.3) is 5.91 Å². The van der Waals surface area contributed by atoms with Crippen LogP contribution in [0.25, 0.3) is 0 Å². The molecule has 1 aliphatic heterocycles.